The molecule has 1 aliphatic heterocycles. The fourth-order valence-electron chi connectivity index (χ4n) is 4.26. The first-order chi connectivity index (χ1) is 15.9. The summed E-state index contributed by atoms with van der Waals surface area (Å²) in [4.78, 5) is 36.6. The monoisotopic (exact) mass is 446 g/mol. The van der Waals surface area contributed by atoms with E-state index in [0.717, 1.165) is 36.3 Å². The number of piperidine rings is 1. The first-order valence-electron chi connectivity index (χ1n) is 11.1. The molecule has 1 atom stereocenters. The van der Waals surface area contributed by atoms with E-state index in [0.29, 0.717) is 17.9 Å². The Kier molecular flexibility index (Phi) is 6.77. The second-order valence-electron chi connectivity index (χ2n) is 8.39. The second-order valence-corrected chi connectivity index (χ2v) is 8.39. The minimum atomic E-state index is -0.474. The lowest BCUT2D eigenvalue weighted by molar-refractivity contribution is -0.115. The van der Waals surface area contributed by atoms with Crippen LogP contribution in [-0.2, 0) is 11.2 Å². The quantitative estimate of drug-likeness (QED) is 0.629. The number of nitrogens with one attached hydrogen (secondary N) is 1. The SMILES string of the molecule is Cc1nc(C2CCCN(C(=O)c3ccccc3)C2)nc(C)c1CC(=O)Nc1ccccc1F. The molecule has 0 saturated carbocycles. The fraction of sp³-hybridized carbons (Fsp3) is 0.308. The number of anilines is 1. The Labute approximate surface area is 192 Å². The number of likely N-dealkylation sites (tertiary alicyclic amines) is 1. The number of benzene rings is 2. The molecule has 7 heteroatoms. The van der Waals surface area contributed by atoms with Crippen molar-refractivity contribution in [2.45, 2.75) is 39.0 Å². The Balaban J connectivity index is 1.47. The highest BCUT2D eigenvalue weighted by atomic mass is 19.1. The first kappa shape index (κ1) is 22.6. The van der Waals surface area contributed by atoms with Gasteiger partial charge < -0.3 is 10.2 Å². The molecular formula is C26H27FN4O2. The average Bonchev–Trinajstić information content (AvgIpc) is 2.83. The van der Waals surface area contributed by atoms with Gasteiger partial charge in [-0.15, -0.1) is 0 Å². The summed E-state index contributed by atoms with van der Waals surface area (Å²) in [6.07, 6.45) is 1.86. The largest absolute Gasteiger partial charge is 0.338 e. The Morgan fingerprint density at radius 2 is 1.70 bits per heavy atom. The van der Waals surface area contributed by atoms with Gasteiger partial charge in [-0.1, -0.05) is 30.3 Å². The van der Waals surface area contributed by atoms with Gasteiger partial charge in [-0.25, -0.2) is 14.4 Å². The molecule has 170 valence electrons. The third-order valence-corrected chi connectivity index (χ3v) is 6.02. The lowest BCUT2D eigenvalue weighted by Crippen LogP contribution is -2.39. The predicted octanol–water partition coefficient (Wildman–Crippen LogP) is 4.43. The van der Waals surface area contributed by atoms with E-state index in [1.807, 2.05) is 49.1 Å². The predicted molar refractivity (Wildman–Crippen MR) is 125 cm³/mol. The second kappa shape index (κ2) is 9.90. The molecule has 1 aliphatic rings. The fourth-order valence-corrected chi connectivity index (χ4v) is 4.26. The number of aryl methyl sites for hydroxylation is 2. The first-order valence-corrected chi connectivity index (χ1v) is 11.1. The standard InChI is InChI=1S/C26H27FN4O2/c1-17-21(15-24(32)30-23-13-7-6-12-22(23)27)18(2)29-25(28-17)20-11-8-14-31(16-20)26(33)19-9-4-3-5-10-19/h3-7,9-10,12-13,20H,8,11,14-16H2,1-2H3,(H,30,32). The van der Waals surface area contributed by atoms with E-state index in [1.165, 1.54) is 12.1 Å². The van der Waals surface area contributed by atoms with Crippen LogP contribution in [0.4, 0.5) is 10.1 Å². The third kappa shape index (κ3) is 5.25. The zero-order valence-electron chi connectivity index (χ0n) is 18.8. The van der Waals surface area contributed by atoms with E-state index in [9.17, 15) is 14.0 Å². The van der Waals surface area contributed by atoms with Gasteiger partial charge in [0.15, 0.2) is 0 Å². The maximum atomic E-state index is 13.8. The number of amides is 2. The zero-order chi connectivity index (χ0) is 23.4. The Morgan fingerprint density at radius 1 is 1.03 bits per heavy atom. The molecule has 2 heterocycles. The van der Waals surface area contributed by atoms with Crippen LogP contribution < -0.4 is 5.32 Å². The summed E-state index contributed by atoms with van der Waals surface area (Å²) in [7, 11) is 0. The lowest BCUT2D eigenvalue weighted by atomic mass is 9.95. The van der Waals surface area contributed by atoms with Crippen LogP contribution >= 0.6 is 0 Å². The zero-order valence-corrected chi connectivity index (χ0v) is 18.8. The number of hydrogen-bond acceptors (Lipinski definition) is 4. The van der Waals surface area contributed by atoms with Gasteiger partial charge in [-0.05, 0) is 51.0 Å². The van der Waals surface area contributed by atoms with Crippen molar-refractivity contribution in [2.75, 3.05) is 18.4 Å². The van der Waals surface area contributed by atoms with Crippen molar-refractivity contribution in [2.24, 2.45) is 0 Å². The maximum absolute atomic E-state index is 13.8. The van der Waals surface area contributed by atoms with Crippen LogP contribution in [-0.4, -0.2) is 39.8 Å². The molecule has 0 bridgehead atoms. The van der Waals surface area contributed by atoms with E-state index >= 15 is 0 Å². The molecule has 33 heavy (non-hydrogen) atoms. The summed E-state index contributed by atoms with van der Waals surface area (Å²) in [6, 6.07) is 15.4. The molecule has 2 amide bonds. The number of carbonyl (C=O) groups is 2. The van der Waals surface area contributed by atoms with Crippen molar-refractivity contribution in [1.82, 2.24) is 14.9 Å². The summed E-state index contributed by atoms with van der Waals surface area (Å²) >= 11 is 0. The molecular weight excluding hydrogens is 419 g/mol. The number of rotatable bonds is 5. The number of para-hydroxylation sites is 1. The van der Waals surface area contributed by atoms with Crippen LogP contribution in [0.15, 0.2) is 54.6 Å². The Hall–Kier alpha value is -3.61. The van der Waals surface area contributed by atoms with Crippen molar-refractivity contribution in [3.05, 3.63) is 88.8 Å². The third-order valence-electron chi connectivity index (χ3n) is 6.02. The molecule has 1 fully saturated rings. The van der Waals surface area contributed by atoms with Crippen molar-refractivity contribution >= 4 is 17.5 Å². The van der Waals surface area contributed by atoms with Gasteiger partial charge in [-0.3, -0.25) is 9.59 Å². The van der Waals surface area contributed by atoms with Gasteiger partial charge in [0.1, 0.15) is 11.6 Å². The topological polar surface area (TPSA) is 75.2 Å². The van der Waals surface area contributed by atoms with E-state index in [-0.39, 0.29) is 29.8 Å². The summed E-state index contributed by atoms with van der Waals surface area (Å²) < 4.78 is 13.8. The molecule has 2 aromatic carbocycles. The molecule has 1 saturated heterocycles. The highest BCUT2D eigenvalue weighted by molar-refractivity contribution is 5.94. The average molecular weight is 447 g/mol. The summed E-state index contributed by atoms with van der Waals surface area (Å²) in [6.45, 7) is 5.01. The smallest absolute Gasteiger partial charge is 0.253 e. The van der Waals surface area contributed by atoms with Crippen LogP contribution in [0.2, 0.25) is 0 Å². The van der Waals surface area contributed by atoms with E-state index in [4.69, 9.17) is 9.97 Å². The van der Waals surface area contributed by atoms with E-state index < -0.39 is 5.82 Å². The number of halogens is 1. The van der Waals surface area contributed by atoms with Crippen molar-refractivity contribution in [3.63, 3.8) is 0 Å². The van der Waals surface area contributed by atoms with Gasteiger partial charge >= 0.3 is 0 Å². The summed E-state index contributed by atoms with van der Waals surface area (Å²) in [5, 5.41) is 2.61. The van der Waals surface area contributed by atoms with Crippen molar-refractivity contribution in [3.8, 4) is 0 Å². The number of hydrogen-bond donors (Lipinski definition) is 1. The van der Waals surface area contributed by atoms with E-state index in [1.54, 1.807) is 12.1 Å². The van der Waals surface area contributed by atoms with E-state index in [2.05, 4.69) is 5.32 Å². The minimum Gasteiger partial charge on any atom is -0.338 e. The number of nitrogens with zero attached hydrogens (tertiary/aromatic N) is 3. The highest BCUT2D eigenvalue weighted by Gasteiger charge is 2.28. The molecule has 6 nitrogen and oxygen atoms in total. The molecule has 3 aromatic rings. The molecule has 0 radical (unpaired) electrons. The maximum Gasteiger partial charge on any atom is 0.253 e. The number of carbonyl (C=O) groups excluding carboxylic acids is 2. The van der Waals surface area contributed by atoms with Crippen LogP contribution in [0.1, 0.15) is 51.9 Å². The minimum absolute atomic E-state index is 0.0233. The number of aromatic nitrogens is 2. The van der Waals surface area contributed by atoms with Crippen molar-refractivity contribution in [1.29, 1.82) is 0 Å². The van der Waals surface area contributed by atoms with Gasteiger partial charge in [0, 0.05) is 41.5 Å². The van der Waals surface area contributed by atoms with Crippen LogP contribution in [0.25, 0.3) is 0 Å². The Morgan fingerprint density at radius 3 is 2.39 bits per heavy atom. The Bertz CT molecular complexity index is 1140. The van der Waals surface area contributed by atoms with Crippen LogP contribution in [0.5, 0.6) is 0 Å². The van der Waals surface area contributed by atoms with Gasteiger partial charge in [0.25, 0.3) is 5.91 Å². The summed E-state index contributed by atoms with van der Waals surface area (Å²) in [5.74, 6) is -0.0214. The van der Waals surface area contributed by atoms with Gasteiger partial charge in [0.2, 0.25) is 5.91 Å². The normalized spacial score (nSPS) is 15.8. The van der Waals surface area contributed by atoms with Gasteiger partial charge in [0.05, 0.1) is 12.1 Å². The molecule has 1 unspecified atom stereocenters. The van der Waals surface area contributed by atoms with Gasteiger partial charge in [-0.2, -0.15) is 0 Å². The molecule has 0 spiro atoms. The van der Waals surface area contributed by atoms with Crippen LogP contribution in [0.3, 0.4) is 0 Å². The lowest BCUT2D eigenvalue weighted by Gasteiger charge is -2.32. The van der Waals surface area contributed by atoms with Crippen LogP contribution in [0, 0.1) is 19.7 Å². The molecule has 4 rings (SSSR count). The molecule has 0 aliphatic carbocycles. The highest BCUT2D eigenvalue weighted by Crippen LogP contribution is 2.27. The molecule has 1 N–H and O–H groups in total. The molecule has 1 aromatic heterocycles. The van der Waals surface area contributed by atoms with Crippen molar-refractivity contribution < 1.29 is 14.0 Å². The summed E-state index contributed by atoms with van der Waals surface area (Å²) in [5.41, 5.74) is 3.03.